The molecular formula is C30H26N6O5S2. The number of nitrogens with one attached hydrogen (secondary N) is 2. The SMILES string of the molecule is CC(=O)O/N=C(/N)c1cccc(CC(NS(=O)(=O)c2cccc(NC(=O)c3cccnc3)c2)c2nc3ccccc3s2)c1. The van der Waals surface area contributed by atoms with Crippen molar-refractivity contribution in [2.75, 3.05) is 5.32 Å². The molecule has 1 unspecified atom stereocenters. The number of amidine groups is 1. The Hall–Kier alpha value is -4.98. The van der Waals surface area contributed by atoms with E-state index in [2.05, 4.69) is 25.0 Å². The highest BCUT2D eigenvalue weighted by Gasteiger charge is 2.25. The Morgan fingerprint density at radius 2 is 1.79 bits per heavy atom. The summed E-state index contributed by atoms with van der Waals surface area (Å²) in [5.41, 5.74) is 8.62. The number of pyridine rings is 1. The van der Waals surface area contributed by atoms with Crippen LogP contribution in [0.4, 0.5) is 5.69 Å². The smallest absolute Gasteiger partial charge is 0.332 e. The van der Waals surface area contributed by atoms with E-state index < -0.39 is 27.9 Å². The van der Waals surface area contributed by atoms with E-state index in [1.54, 1.807) is 48.7 Å². The number of carbonyl (C=O) groups excluding carboxylic acids is 2. The normalized spacial score (nSPS) is 12.5. The zero-order valence-electron chi connectivity index (χ0n) is 22.8. The summed E-state index contributed by atoms with van der Waals surface area (Å²) in [5, 5.41) is 6.92. The van der Waals surface area contributed by atoms with Crippen molar-refractivity contribution in [3.63, 3.8) is 0 Å². The topological polar surface area (TPSA) is 166 Å². The fourth-order valence-electron chi connectivity index (χ4n) is 4.17. The summed E-state index contributed by atoms with van der Waals surface area (Å²) in [6.07, 6.45) is 3.20. The molecule has 43 heavy (non-hydrogen) atoms. The van der Waals surface area contributed by atoms with Gasteiger partial charge >= 0.3 is 5.97 Å². The van der Waals surface area contributed by atoms with Gasteiger partial charge in [-0.05, 0) is 60.5 Å². The molecule has 0 aliphatic carbocycles. The lowest BCUT2D eigenvalue weighted by Gasteiger charge is -2.18. The number of nitrogens with zero attached hydrogens (tertiary/aromatic N) is 3. The maximum absolute atomic E-state index is 13.7. The second-order valence-corrected chi connectivity index (χ2v) is 12.2. The fraction of sp³-hybridized carbons (Fsp3) is 0.100. The van der Waals surface area contributed by atoms with Crippen molar-refractivity contribution in [3.8, 4) is 0 Å². The highest BCUT2D eigenvalue weighted by Crippen LogP contribution is 2.30. The highest BCUT2D eigenvalue weighted by molar-refractivity contribution is 7.89. The van der Waals surface area contributed by atoms with Gasteiger partial charge in [0.25, 0.3) is 5.91 Å². The molecular weight excluding hydrogens is 589 g/mol. The van der Waals surface area contributed by atoms with E-state index in [1.807, 2.05) is 30.3 Å². The minimum Gasteiger partial charge on any atom is -0.380 e. The Labute approximate surface area is 251 Å². The molecule has 1 atom stereocenters. The average Bonchev–Trinajstić information content (AvgIpc) is 3.45. The van der Waals surface area contributed by atoms with Crippen LogP contribution in [0.15, 0.2) is 107 Å². The van der Waals surface area contributed by atoms with Gasteiger partial charge in [0.15, 0.2) is 5.84 Å². The van der Waals surface area contributed by atoms with Crippen LogP contribution < -0.4 is 15.8 Å². The van der Waals surface area contributed by atoms with Crippen molar-refractivity contribution in [2.24, 2.45) is 10.9 Å². The van der Waals surface area contributed by atoms with Gasteiger partial charge in [-0.1, -0.05) is 41.6 Å². The van der Waals surface area contributed by atoms with Crippen LogP contribution in [-0.4, -0.2) is 36.1 Å². The van der Waals surface area contributed by atoms with Gasteiger partial charge in [0.05, 0.1) is 26.7 Å². The lowest BCUT2D eigenvalue weighted by atomic mass is 10.0. The van der Waals surface area contributed by atoms with Gasteiger partial charge in [0.2, 0.25) is 10.0 Å². The second kappa shape index (κ2) is 12.9. The molecule has 0 spiro atoms. The number of benzene rings is 3. The van der Waals surface area contributed by atoms with Gasteiger partial charge in [-0.3, -0.25) is 9.78 Å². The standard InChI is InChI=1S/C30H26N6O5S2/c1-19(37)41-35-28(31)21-8-4-7-20(15-21)16-26(30-34-25-12-2-3-13-27(25)42-30)36-43(39,40)24-11-5-10-23(17-24)33-29(38)22-9-6-14-32-18-22/h2-15,17-18,26,36H,16H2,1H3,(H2,31,35)(H,33,38). The van der Waals surface area contributed by atoms with Crippen LogP contribution in [0.1, 0.15) is 39.5 Å². The van der Waals surface area contributed by atoms with Gasteiger partial charge in [-0.25, -0.2) is 22.9 Å². The molecule has 0 aliphatic heterocycles. The van der Waals surface area contributed by atoms with E-state index in [1.165, 1.54) is 36.6 Å². The van der Waals surface area contributed by atoms with Crippen molar-refractivity contribution in [2.45, 2.75) is 24.3 Å². The van der Waals surface area contributed by atoms with Crippen molar-refractivity contribution in [3.05, 3.63) is 119 Å². The maximum atomic E-state index is 13.7. The number of anilines is 1. The van der Waals surface area contributed by atoms with Gasteiger partial charge in [-0.15, -0.1) is 11.3 Å². The number of hydrogen-bond acceptors (Lipinski definition) is 9. The number of para-hydroxylation sites is 1. The van der Waals surface area contributed by atoms with Crippen molar-refractivity contribution < 1.29 is 22.8 Å². The molecule has 13 heteroatoms. The summed E-state index contributed by atoms with van der Waals surface area (Å²) in [6, 6.07) is 23.0. The highest BCUT2D eigenvalue weighted by atomic mass is 32.2. The van der Waals surface area contributed by atoms with Gasteiger partial charge < -0.3 is 15.9 Å². The Balaban J connectivity index is 1.44. The van der Waals surface area contributed by atoms with E-state index in [-0.39, 0.29) is 17.2 Å². The van der Waals surface area contributed by atoms with E-state index in [0.717, 1.165) is 15.8 Å². The summed E-state index contributed by atoms with van der Waals surface area (Å²) < 4.78 is 31.1. The first-order chi connectivity index (χ1) is 20.7. The van der Waals surface area contributed by atoms with Crippen molar-refractivity contribution in [1.29, 1.82) is 0 Å². The zero-order valence-corrected chi connectivity index (χ0v) is 24.4. The Kier molecular flexibility index (Phi) is 8.85. The van der Waals surface area contributed by atoms with Crippen LogP contribution in [0.3, 0.4) is 0 Å². The van der Waals surface area contributed by atoms with Crippen LogP contribution in [0.5, 0.6) is 0 Å². The zero-order chi connectivity index (χ0) is 30.4. The molecule has 0 radical (unpaired) electrons. The summed E-state index contributed by atoms with van der Waals surface area (Å²) in [4.78, 5) is 37.0. The van der Waals surface area contributed by atoms with Crippen molar-refractivity contribution >= 4 is 55.0 Å². The summed E-state index contributed by atoms with van der Waals surface area (Å²) >= 11 is 1.38. The molecule has 0 saturated carbocycles. The lowest BCUT2D eigenvalue weighted by molar-refractivity contribution is -0.140. The average molecular weight is 615 g/mol. The molecule has 0 aliphatic rings. The third-order valence-corrected chi connectivity index (χ3v) is 8.79. The number of thiazole rings is 1. The molecule has 3 aromatic carbocycles. The summed E-state index contributed by atoms with van der Waals surface area (Å²) in [7, 11) is -4.09. The van der Waals surface area contributed by atoms with Crippen LogP contribution in [-0.2, 0) is 26.1 Å². The Morgan fingerprint density at radius 3 is 2.56 bits per heavy atom. The molecule has 2 heterocycles. The monoisotopic (exact) mass is 614 g/mol. The van der Waals surface area contributed by atoms with Crippen LogP contribution in [0.25, 0.3) is 10.2 Å². The number of carbonyl (C=O) groups is 2. The van der Waals surface area contributed by atoms with Crippen molar-refractivity contribution in [1.82, 2.24) is 14.7 Å². The predicted octanol–water partition coefficient (Wildman–Crippen LogP) is 4.39. The molecule has 11 nitrogen and oxygen atoms in total. The molecule has 5 aromatic rings. The third kappa shape index (κ3) is 7.46. The minimum atomic E-state index is -4.09. The summed E-state index contributed by atoms with van der Waals surface area (Å²) in [5.74, 6) is -1.02. The number of nitrogens with two attached hydrogens (primary N) is 1. The fourth-order valence-corrected chi connectivity index (χ4v) is 6.51. The maximum Gasteiger partial charge on any atom is 0.332 e. The van der Waals surface area contributed by atoms with Gasteiger partial charge in [0, 0.05) is 30.6 Å². The minimum absolute atomic E-state index is 0.000635. The molecule has 1 amide bonds. The number of rotatable bonds is 10. The summed E-state index contributed by atoms with van der Waals surface area (Å²) in [6.45, 7) is 1.21. The molecule has 0 saturated heterocycles. The van der Waals surface area contributed by atoms with E-state index in [4.69, 9.17) is 10.7 Å². The number of sulfonamides is 1. The second-order valence-electron chi connectivity index (χ2n) is 9.38. The predicted molar refractivity (Wildman–Crippen MR) is 164 cm³/mol. The number of aromatic nitrogens is 2. The largest absolute Gasteiger partial charge is 0.380 e. The van der Waals surface area contributed by atoms with Gasteiger partial charge in [0.1, 0.15) is 5.01 Å². The number of oxime groups is 1. The third-order valence-electron chi connectivity index (χ3n) is 6.17. The Morgan fingerprint density at radius 1 is 1.00 bits per heavy atom. The van der Waals surface area contributed by atoms with Crippen LogP contribution in [0, 0.1) is 0 Å². The van der Waals surface area contributed by atoms with Crippen LogP contribution >= 0.6 is 11.3 Å². The van der Waals surface area contributed by atoms with Gasteiger partial charge in [-0.2, -0.15) is 0 Å². The molecule has 218 valence electrons. The molecule has 0 fully saturated rings. The lowest BCUT2D eigenvalue weighted by Crippen LogP contribution is -2.30. The van der Waals surface area contributed by atoms with E-state index >= 15 is 0 Å². The van der Waals surface area contributed by atoms with E-state index in [9.17, 15) is 18.0 Å². The first kappa shape index (κ1) is 29.5. The number of hydrogen-bond donors (Lipinski definition) is 3. The molecule has 2 aromatic heterocycles. The quantitative estimate of drug-likeness (QED) is 0.0902. The molecule has 4 N–H and O–H groups in total. The van der Waals surface area contributed by atoms with Crippen LogP contribution in [0.2, 0.25) is 0 Å². The number of amides is 1. The molecule has 5 rings (SSSR count). The molecule has 0 bridgehead atoms. The first-order valence-corrected chi connectivity index (χ1v) is 15.3. The number of fused-ring (bicyclic) bond motifs is 1. The first-order valence-electron chi connectivity index (χ1n) is 13.0. The van der Waals surface area contributed by atoms with E-state index in [0.29, 0.717) is 21.8 Å². The Bertz CT molecular complexity index is 1890.